The second-order valence-corrected chi connectivity index (χ2v) is 5.41. The molecule has 2 rings (SSSR count). The molecular formula is C14H16N4OS. The predicted octanol–water partition coefficient (Wildman–Crippen LogP) is 1.58. The van der Waals surface area contributed by atoms with Crippen LogP contribution in [-0.4, -0.2) is 22.6 Å². The first-order chi connectivity index (χ1) is 9.61. The van der Waals surface area contributed by atoms with E-state index in [0.29, 0.717) is 11.4 Å². The normalized spacial score (nSPS) is 11.6. The molecule has 6 heteroatoms. The average molecular weight is 288 g/mol. The third-order valence-electron chi connectivity index (χ3n) is 2.81. The highest BCUT2D eigenvalue weighted by molar-refractivity contribution is 7.14. The zero-order valence-corrected chi connectivity index (χ0v) is 12.2. The number of thiophene rings is 1. The Balaban J connectivity index is 2.10. The lowest BCUT2D eigenvalue weighted by Gasteiger charge is -2.10. The van der Waals surface area contributed by atoms with E-state index in [-0.39, 0.29) is 11.9 Å². The van der Waals surface area contributed by atoms with E-state index < -0.39 is 0 Å². The highest BCUT2D eigenvalue weighted by Crippen LogP contribution is 2.22. The number of aromatic nitrogens is 2. The van der Waals surface area contributed by atoms with Gasteiger partial charge < -0.3 is 11.1 Å². The van der Waals surface area contributed by atoms with Gasteiger partial charge in [0, 0.05) is 11.8 Å². The number of hydrogen-bond donors (Lipinski definition) is 3. The van der Waals surface area contributed by atoms with Crippen molar-refractivity contribution in [3.63, 3.8) is 0 Å². The summed E-state index contributed by atoms with van der Waals surface area (Å²) in [5.74, 6) is 5.68. The van der Waals surface area contributed by atoms with Crippen molar-refractivity contribution in [1.29, 1.82) is 0 Å². The van der Waals surface area contributed by atoms with E-state index in [9.17, 15) is 4.79 Å². The zero-order chi connectivity index (χ0) is 14.5. The summed E-state index contributed by atoms with van der Waals surface area (Å²) in [7, 11) is 0. The van der Waals surface area contributed by atoms with Crippen molar-refractivity contribution >= 4 is 17.2 Å². The van der Waals surface area contributed by atoms with E-state index in [1.807, 2.05) is 19.9 Å². The topological polar surface area (TPSA) is 83.8 Å². The van der Waals surface area contributed by atoms with Crippen LogP contribution in [0, 0.1) is 18.8 Å². The Kier molecular flexibility index (Phi) is 4.56. The van der Waals surface area contributed by atoms with Crippen LogP contribution in [0.2, 0.25) is 0 Å². The minimum absolute atomic E-state index is 0.0952. The fourth-order valence-corrected chi connectivity index (χ4v) is 2.65. The van der Waals surface area contributed by atoms with Crippen molar-refractivity contribution in [1.82, 2.24) is 15.5 Å². The molecule has 2 aromatic heterocycles. The number of aromatic amines is 1. The number of nitrogens with zero attached hydrogens (tertiary/aromatic N) is 1. The SMILES string of the molecule is Cc1cc(C(=O)NC(C)c2cn[nH]c2)sc1C#CCN. The first kappa shape index (κ1) is 14.3. The van der Waals surface area contributed by atoms with Crippen LogP contribution in [0.5, 0.6) is 0 Å². The van der Waals surface area contributed by atoms with Crippen molar-refractivity contribution in [2.75, 3.05) is 6.54 Å². The number of nitrogens with one attached hydrogen (secondary N) is 2. The molecule has 1 amide bonds. The van der Waals surface area contributed by atoms with E-state index >= 15 is 0 Å². The van der Waals surface area contributed by atoms with Gasteiger partial charge in [-0.05, 0) is 25.5 Å². The Morgan fingerprint density at radius 2 is 2.45 bits per heavy atom. The molecule has 0 spiro atoms. The lowest BCUT2D eigenvalue weighted by atomic mass is 10.2. The first-order valence-electron chi connectivity index (χ1n) is 6.20. The van der Waals surface area contributed by atoms with Crippen molar-refractivity contribution in [3.05, 3.63) is 39.3 Å². The summed E-state index contributed by atoms with van der Waals surface area (Å²) in [6.45, 7) is 4.17. The lowest BCUT2D eigenvalue weighted by molar-refractivity contribution is 0.0944. The van der Waals surface area contributed by atoms with Gasteiger partial charge in [0.05, 0.1) is 28.5 Å². The van der Waals surface area contributed by atoms with Crippen LogP contribution in [-0.2, 0) is 0 Å². The predicted molar refractivity (Wildman–Crippen MR) is 79.5 cm³/mol. The third-order valence-corrected chi connectivity index (χ3v) is 3.96. The smallest absolute Gasteiger partial charge is 0.261 e. The van der Waals surface area contributed by atoms with Gasteiger partial charge in [0.15, 0.2) is 0 Å². The van der Waals surface area contributed by atoms with E-state index in [0.717, 1.165) is 16.0 Å². The Labute approximate surface area is 121 Å². The van der Waals surface area contributed by atoms with Gasteiger partial charge in [-0.15, -0.1) is 11.3 Å². The molecular weight excluding hydrogens is 272 g/mol. The Bertz CT molecular complexity index is 649. The Morgan fingerprint density at radius 1 is 1.65 bits per heavy atom. The minimum Gasteiger partial charge on any atom is -0.345 e. The van der Waals surface area contributed by atoms with Crippen LogP contribution < -0.4 is 11.1 Å². The van der Waals surface area contributed by atoms with Gasteiger partial charge in [0.25, 0.3) is 5.91 Å². The molecule has 4 N–H and O–H groups in total. The summed E-state index contributed by atoms with van der Waals surface area (Å²) >= 11 is 1.38. The molecule has 0 bridgehead atoms. The summed E-state index contributed by atoms with van der Waals surface area (Å²) < 4.78 is 0. The standard InChI is InChI=1S/C14H16N4OS/c1-9-6-13(20-12(9)4-3-5-15)14(19)18-10(2)11-7-16-17-8-11/h6-8,10H,5,15H2,1-2H3,(H,16,17)(H,18,19). The van der Waals surface area contributed by atoms with E-state index in [1.54, 1.807) is 12.4 Å². The highest BCUT2D eigenvalue weighted by atomic mass is 32.1. The van der Waals surface area contributed by atoms with Gasteiger partial charge in [0.2, 0.25) is 0 Å². The summed E-state index contributed by atoms with van der Waals surface area (Å²) in [6, 6.07) is 1.75. The molecule has 0 fully saturated rings. The van der Waals surface area contributed by atoms with E-state index in [4.69, 9.17) is 5.73 Å². The van der Waals surface area contributed by atoms with E-state index in [1.165, 1.54) is 11.3 Å². The molecule has 0 aliphatic carbocycles. The fourth-order valence-electron chi connectivity index (χ4n) is 1.70. The quantitative estimate of drug-likeness (QED) is 0.750. The van der Waals surface area contributed by atoms with Crippen molar-refractivity contribution < 1.29 is 4.79 Å². The van der Waals surface area contributed by atoms with Crippen LogP contribution in [0.25, 0.3) is 0 Å². The molecule has 2 aromatic rings. The number of carbonyl (C=O) groups excluding carboxylic acids is 1. The number of aryl methyl sites for hydroxylation is 1. The van der Waals surface area contributed by atoms with Crippen LogP contribution in [0.3, 0.4) is 0 Å². The summed E-state index contributed by atoms with van der Waals surface area (Å²) in [4.78, 5) is 13.7. The van der Waals surface area contributed by atoms with Gasteiger partial charge in [-0.25, -0.2) is 0 Å². The van der Waals surface area contributed by atoms with Gasteiger partial charge in [0.1, 0.15) is 0 Å². The van der Waals surface area contributed by atoms with Gasteiger partial charge in [-0.2, -0.15) is 5.10 Å². The summed E-state index contributed by atoms with van der Waals surface area (Å²) in [6.07, 6.45) is 3.46. The molecule has 20 heavy (non-hydrogen) atoms. The Hall–Kier alpha value is -2.10. The fraction of sp³-hybridized carbons (Fsp3) is 0.286. The molecule has 0 radical (unpaired) electrons. The second-order valence-electron chi connectivity index (χ2n) is 4.36. The average Bonchev–Trinajstić information content (AvgIpc) is 3.06. The maximum atomic E-state index is 12.2. The second kappa shape index (κ2) is 6.37. The van der Waals surface area contributed by atoms with Crippen molar-refractivity contribution in [3.8, 4) is 11.8 Å². The number of rotatable bonds is 3. The number of hydrogen-bond acceptors (Lipinski definition) is 4. The van der Waals surface area contributed by atoms with Crippen LogP contribution >= 0.6 is 11.3 Å². The molecule has 0 aliphatic heterocycles. The minimum atomic E-state index is -0.104. The largest absolute Gasteiger partial charge is 0.345 e. The lowest BCUT2D eigenvalue weighted by Crippen LogP contribution is -2.25. The maximum absolute atomic E-state index is 12.2. The number of amides is 1. The zero-order valence-electron chi connectivity index (χ0n) is 11.4. The van der Waals surface area contributed by atoms with Gasteiger partial charge in [-0.1, -0.05) is 11.8 Å². The monoisotopic (exact) mass is 288 g/mol. The third kappa shape index (κ3) is 3.26. The summed E-state index contributed by atoms with van der Waals surface area (Å²) in [5.41, 5.74) is 7.29. The van der Waals surface area contributed by atoms with Crippen LogP contribution in [0.4, 0.5) is 0 Å². The molecule has 5 nitrogen and oxygen atoms in total. The molecule has 0 aromatic carbocycles. The Morgan fingerprint density at radius 3 is 3.10 bits per heavy atom. The molecule has 2 heterocycles. The highest BCUT2D eigenvalue weighted by Gasteiger charge is 2.15. The van der Waals surface area contributed by atoms with Crippen molar-refractivity contribution in [2.24, 2.45) is 5.73 Å². The van der Waals surface area contributed by atoms with E-state index in [2.05, 4.69) is 27.4 Å². The maximum Gasteiger partial charge on any atom is 0.261 e. The molecule has 1 atom stereocenters. The first-order valence-corrected chi connectivity index (χ1v) is 7.02. The summed E-state index contributed by atoms with van der Waals surface area (Å²) in [5, 5.41) is 9.54. The van der Waals surface area contributed by atoms with Gasteiger partial charge in [-0.3, -0.25) is 9.89 Å². The van der Waals surface area contributed by atoms with Gasteiger partial charge >= 0.3 is 0 Å². The molecule has 0 saturated carbocycles. The van der Waals surface area contributed by atoms with Crippen molar-refractivity contribution in [2.45, 2.75) is 19.9 Å². The number of carbonyl (C=O) groups is 1. The molecule has 0 aliphatic rings. The number of nitrogens with two attached hydrogens (primary N) is 1. The number of H-pyrrole nitrogens is 1. The van der Waals surface area contributed by atoms with Crippen LogP contribution in [0.1, 0.15) is 38.6 Å². The van der Waals surface area contributed by atoms with Crippen LogP contribution in [0.15, 0.2) is 18.5 Å². The molecule has 1 unspecified atom stereocenters. The molecule has 0 saturated heterocycles. The molecule has 104 valence electrons.